The van der Waals surface area contributed by atoms with Crippen molar-refractivity contribution in [3.8, 4) is 11.5 Å². The van der Waals surface area contributed by atoms with E-state index in [9.17, 15) is 4.79 Å². The molecule has 0 saturated carbocycles. The SMILES string of the molecule is COc1ccc(/C=C2\N=C(c3ccc(Cl)cc3)N(c3ccc(N4CCOCC4)cc3)C2=O)cc1OC. The summed E-state index contributed by atoms with van der Waals surface area (Å²) in [5, 5.41) is 0.617. The van der Waals surface area contributed by atoms with Crippen LogP contribution in [0.1, 0.15) is 11.1 Å². The molecule has 0 radical (unpaired) electrons. The Balaban J connectivity index is 1.52. The molecule has 5 rings (SSSR count). The fourth-order valence-corrected chi connectivity index (χ4v) is 4.41. The summed E-state index contributed by atoms with van der Waals surface area (Å²) in [5.74, 6) is 1.52. The second kappa shape index (κ2) is 10.4. The predicted octanol–water partition coefficient (Wildman–Crippen LogP) is 5.03. The van der Waals surface area contributed by atoms with E-state index in [0.717, 1.165) is 35.6 Å². The van der Waals surface area contributed by atoms with Crippen molar-refractivity contribution in [1.82, 2.24) is 0 Å². The standard InChI is InChI=1S/C28H26ClN3O4/c1-34-25-12-3-19(18-26(25)35-2)17-24-28(33)32(27(30-24)20-4-6-21(29)7-5-20)23-10-8-22(9-11-23)31-13-15-36-16-14-31/h3-12,17-18H,13-16H2,1-2H3/b24-17-. The van der Waals surface area contributed by atoms with Crippen molar-refractivity contribution in [2.75, 3.05) is 50.3 Å². The first-order chi connectivity index (χ1) is 17.6. The Morgan fingerprint density at radius 2 is 1.56 bits per heavy atom. The van der Waals surface area contributed by atoms with Gasteiger partial charge >= 0.3 is 0 Å². The van der Waals surface area contributed by atoms with Gasteiger partial charge in [0.25, 0.3) is 5.91 Å². The van der Waals surface area contributed by atoms with Gasteiger partial charge in [-0.1, -0.05) is 17.7 Å². The third-order valence-electron chi connectivity index (χ3n) is 6.16. The van der Waals surface area contributed by atoms with Gasteiger partial charge in [0.15, 0.2) is 11.5 Å². The Morgan fingerprint density at radius 1 is 0.889 bits per heavy atom. The van der Waals surface area contributed by atoms with Gasteiger partial charge in [0, 0.05) is 29.4 Å². The van der Waals surface area contributed by atoms with Crippen LogP contribution in [0, 0.1) is 0 Å². The van der Waals surface area contributed by atoms with Crippen molar-refractivity contribution < 1.29 is 19.0 Å². The Morgan fingerprint density at radius 3 is 2.22 bits per heavy atom. The first-order valence-electron chi connectivity index (χ1n) is 11.6. The van der Waals surface area contributed by atoms with E-state index in [-0.39, 0.29) is 5.91 Å². The van der Waals surface area contributed by atoms with Gasteiger partial charge in [-0.15, -0.1) is 0 Å². The van der Waals surface area contributed by atoms with Crippen molar-refractivity contribution in [3.05, 3.63) is 88.6 Å². The number of amides is 1. The fraction of sp³-hybridized carbons (Fsp3) is 0.214. The molecular formula is C28H26ClN3O4. The molecule has 7 nitrogen and oxygen atoms in total. The Labute approximate surface area is 215 Å². The molecule has 0 N–H and O–H groups in total. The monoisotopic (exact) mass is 503 g/mol. The first-order valence-corrected chi connectivity index (χ1v) is 12.0. The van der Waals surface area contributed by atoms with E-state index in [2.05, 4.69) is 4.90 Å². The molecule has 36 heavy (non-hydrogen) atoms. The van der Waals surface area contributed by atoms with E-state index in [0.29, 0.717) is 41.3 Å². The largest absolute Gasteiger partial charge is 0.493 e. The Kier molecular flexibility index (Phi) is 6.93. The van der Waals surface area contributed by atoms with Gasteiger partial charge < -0.3 is 19.1 Å². The summed E-state index contributed by atoms with van der Waals surface area (Å²) in [6.45, 7) is 3.11. The molecule has 2 aliphatic rings. The summed E-state index contributed by atoms with van der Waals surface area (Å²) in [4.78, 5) is 22.3. The predicted molar refractivity (Wildman–Crippen MR) is 142 cm³/mol. The number of hydrogen-bond donors (Lipinski definition) is 0. The third kappa shape index (κ3) is 4.80. The first kappa shape index (κ1) is 23.9. The van der Waals surface area contributed by atoms with E-state index in [1.54, 1.807) is 43.4 Å². The molecule has 0 aliphatic carbocycles. The van der Waals surface area contributed by atoms with E-state index in [1.807, 2.05) is 48.5 Å². The molecule has 0 unspecified atom stereocenters. The lowest BCUT2D eigenvalue weighted by atomic mass is 10.1. The molecule has 184 valence electrons. The number of nitrogens with zero attached hydrogens (tertiary/aromatic N) is 3. The summed E-state index contributed by atoms with van der Waals surface area (Å²) in [5.41, 5.74) is 3.73. The molecule has 1 amide bonds. The van der Waals surface area contributed by atoms with Crippen LogP contribution in [-0.2, 0) is 9.53 Å². The number of anilines is 2. The average molecular weight is 504 g/mol. The number of morpholine rings is 1. The van der Waals surface area contributed by atoms with Gasteiger partial charge in [-0.25, -0.2) is 4.99 Å². The summed E-state index contributed by atoms with van der Waals surface area (Å²) in [6.07, 6.45) is 1.75. The molecule has 2 aliphatic heterocycles. The number of aliphatic imine (C=N–C) groups is 1. The second-order valence-corrected chi connectivity index (χ2v) is 8.78. The van der Waals surface area contributed by atoms with Crippen LogP contribution in [0.5, 0.6) is 11.5 Å². The smallest absolute Gasteiger partial charge is 0.282 e. The van der Waals surface area contributed by atoms with Crippen LogP contribution in [-0.4, -0.2) is 52.3 Å². The summed E-state index contributed by atoms with van der Waals surface area (Å²) >= 11 is 6.11. The molecular weight excluding hydrogens is 478 g/mol. The van der Waals surface area contributed by atoms with Crippen LogP contribution in [0.2, 0.25) is 5.02 Å². The molecule has 3 aromatic rings. The second-order valence-electron chi connectivity index (χ2n) is 8.34. The molecule has 2 heterocycles. The van der Waals surface area contributed by atoms with Crippen molar-refractivity contribution in [3.63, 3.8) is 0 Å². The number of benzene rings is 3. The van der Waals surface area contributed by atoms with Crippen molar-refractivity contribution >= 4 is 40.8 Å². The summed E-state index contributed by atoms with van der Waals surface area (Å²) in [7, 11) is 3.16. The molecule has 0 aromatic heterocycles. The highest BCUT2D eigenvalue weighted by atomic mass is 35.5. The molecule has 0 spiro atoms. The zero-order valence-electron chi connectivity index (χ0n) is 20.1. The molecule has 0 bridgehead atoms. The summed E-state index contributed by atoms with van der Waals surface area (Å²) in [6, 6.07) is 20.8. The van der Waals surface area contributed by atoms with E-state index >= 15 is 0 Å². The van der Waals surface area contributed by atoms with E-state index in [4.69, 9.17) is 30.8 Å². The minimum atomic E-state index is -0.214. The number of methoxy groups -OCH3 is 2. The summed E-state index contributed by atoms with van der Waals surface area (Å²) < 4.78 is 16.2. The maximum atomic E-state index is 13.7. The normalized spacial score (nSPS) is 16.9. The van der Waals surface area contributed by atoms with Crippen LogP contribution >= 0.6 is 11.6 Å². The Hall–Kier alpha value is -3.81. The van der Waals surface area contributed by atoms with Crippen LogP contribution in [0.15, 0.2) is 77.4 Å². The number of hydrogen-bond acceptors (Lipinski definition) is 6. The van der Waals surface area contributed by atoms with Crippen LogP contribution < -0.4 is 19.3 Å². The van der Waals surface area contributed by atoms with Gasteiger partial charge in [-0.2, -0.15) is 0 Å². The number of rotatable bonds is 6. The highest BCUT2D eigenvalue weighted by Gasteiger charge is 2.32. The zero-order chi connectivity index (χ0) is 25.1. The lowest BCUT2D eigenvalue weighted by Gasteiger charge is -2.29. The zero-order valence-corrected chi connectivity index (χ0v) is 20.9. The molecule has 1 fully saturated rings. The van der Waals surface area contributed by atoms with Gasteiger partial charge in [-0.05, 0) is 72.3 Å². The van der Waals surface area contributed by atoms with E-state index in [1.165, 1.54) is 0 Å². The topological polar surface area (TPSA) is 63.6 Å². The quantitative estimate of drug-likeness (QED) is 0.441. The minimum Gasteiger partial charge on any atom is -0.493 e. The van der Waals surface area contributed by atoms with E-state index < -0.39 is 0 Å². The van der Waals surface area contributed by atoms with Gasteiger partial charge in [0.05, 0.1) is 33.1 Å². The number of carbonyl (C=O) groups excluding carboxylic acids is 1. The molecule has 3 aromatic carbocycles. The lowest BCUT2D eigenvalue weighted by Crippen LogP contribution is -2.36. The van der Waals surface area contributed by atoms with Crippen LogP contribution in [0.3, 0.4) is 0 Å². The molecule has 0 atom stereocenters. The van der Waals surface area contributed by atoms with Gasteiger partial charge in [0.2, 0.25) is 0 Å². The number of halogens is 1. The fourth-order valence-electron chi connectivity index (χ4n) is 4.28. The highest BCUT2D eigenvalue weighted by molar-refractivity contribution is 6.34. The number of carbonyl (C=O) groups is 1. The highest BCUT2D eigenvalue weighted by Crippen LogP contribution is 2.32. The maximum absolute atomic E-state index is 13.7. The lowest BCUT2D eigenvalue weighted by molar-refractivity contribution is -0.113. The third-order valence-corrected chi connectivity index (χ3v) is 6.41. The Bertz CT molecular complexity index is 1310. The molecule has 1 saturated heterocycles. The minimum absolute atomic E-state index is 0.214. The maximum Gasteiger partial charge on any atom is 0.282 e. The van der Waals surface area contributed by atoms with Crippen molar-refractivity contribution in [1.29, 1.82) is 0 Å². The van der Waals surface area contributed by atoms with Gasteiger partial charge in [-0.3, -0.25) is 9.69 Å². The average Bonchev–Trinajstić information content (AvgIpc) is 3.25. The van der Waals surface area contributed by atoms with Crippen LogP contribution in [0.4, 0.5) is 11.4 Å². The van der Waals surface area contributed by atoms with Crippen molar-refractivity contribution in [2.45, 2.75) is 0 Å². The van der Waals surface area contributed by atoms with Crippen LogP contribution in [0.25, 0.3) is 6.08 Å². The number of ether oxygens (including phenoxy) is 3. The van der Waals surface area contributed by atoms with Crippen molar-refractivity contribution in [2.24, 2.45) is 4.99 Å². The number of amidine groups is 1. The van der Waals surface area contributed by atoms with Gasteiger partial charge in [0.1, 0.15) is 11.5 Å². The molecule has 8 heteroatoms.